The van der Waals surface area contributed by atoms with Crippen LogP contribution in [0.4, 0.5) is 5.69 Å². The van der Waals surface area contributed by atoms with Crippen LogP contribution in [0.5, 0.6) is 0 Å². The lowest BCUT2D eigenvalue weighted by atomic mass is 9.96. The third kappa shape index (κ3) is 3.43. The molecule has 0 radical (unpaired) electrons. The monoisotopic (exact) mass is 343 g/mol. The Balaban J connectivity index is 1.81. The van der Waals surface area contributed by atoms with Gasteiger partial charge in [0.15, 0.2) is 0 Å². The minimum atomic E-state index is -0.350. The Morgan fingerprint density at radius 1 is 1.20 bits per heavy atom. The van der Waals surface area contributed by atoms with Crippen molar-refractivity contribution in [1.29, 1.82) is 0 Å². The highest BCUT2D eigenvalue weighted by Crippen LogP contribution is 2.42. The molecule has 1 fully saturated rings. The molecule has 2 heterocycles. The van der Waals surface area contributed by atoms with Crippen molar-refractivity contribution in [2.45, 2.75) is 57.5 Å². The second-order valence-electron chi connectivity index (χ2n) is 8.09. The molecule has 1 unspecified atom stereocenters. The molecular weight excluding hydrogens is 314 g/mol. The van der Waals surface area contributed by atoms with Gasteiger partial charge in [0.2, 0.25) is 11.8 Å². The molecule has 0 aliphatic carbocycles. The number of para-hydroxylation sites is 1. The van der Waals surface area contributed by atoms with E-state index >= 15 is 0 Å². The van der Waals surface area contributed by atoms with Gasteiger partial charge in [-0.15, -0.1) is 0 Å². The number of nitrogens with one attached hydrogen (secondary N) is 1. The first-order chi connectivity index (χ1) is 11.8. The maximum atomic E-state index is 13.1. The van der Waals surface area contributed by atoms with E-state index in [0.29, 0.717) is 0 Å². The zero-order valence-electron chi connectivity index (χ0n) is 15.7. The van der Waals surface area contributed by atoms with Crippen LogP contribution in [-0.2, 0) is 9.59 Å². The number of carbonyl (C=O) groups is 2. The lowest BCUT2D eigenvalue weighted by Crippen LogP contribution is -2.52. The fraction of sp³-hybridized carbons (Fsp3) is 0.600. The van der Waals surface area contributed by atoms with E-state index in [2.05, 4.69) is 31.0 Å². The Morgan fingerprint density at radius 2 is 1.84 bits per heavy atom. The summed E-state index contributed by atoms with van der Waals surface area (Å²) in [5, 5.41) is 2.64. The standard InChI is InChI=1S/C20H29N3O2/c1-20(2,3)22-11-9-14(10-12-22)23-17-8-6-5-7-15(17)16(19(23)25)13-18(24)21-4/h5-8,14,16H,9-13H2,1-4H3,(H,21,24). The van der Waals surface area contributed by atoms with E-state index in [1.165, 1.54) is 0 Å². The van der Waals surface area contributed by atoms with Crippen LogP contribution in [0.15, 0.2) is 24.3 Å². The molecule has 2 aliphatic heterocycles. The third-order valence-corrected chi connectivity index (χ3v) is 5.55. The van der Waals surface area contributed by atoms with Gasteiger partial charge in [-0.05, 0) is 45.2 Å². The summed E-state index contributed by atoms with van der Waals surface area (Å²) < 4.78 is 0. The lowest BCUT2D eigenvalue weighted by molar-refractivity contribution is -0.126. The molecule has 1 aromatic rings. The minimum Gasteiger partial charge on any atom is -0.359 e. The summed E-state index contributed by atoms with van der Waals surface area (Å²) in [4.78, 5) is 29.5. The third-order valence-electron chi connectivity index (χ3n) is 5.55. The van der Waals surface area contributed by atoms with Gasteiger partial charge < -0.3 is 10.2 Å². The van der Waals surface area contributed by atoms with Crippen LogP contribution in [-0.4, -0.2) is 48.4 Å². The number of likely N-dealkylation sites (tertiary alicyclic amines) is 1. The number of nitrogens with zero attached hydrogens (tertiary/aromatic N) is 2. The number of anilines is 1. The SMILES string of the molecule is CNC(=O)CC1C(=O)N(C2CCN(C(C)(C)C)CC2)c2ccccc21. The number of hydrogen-bond acceptors (Lipinski definition) is 3. The Hall–Kier alpha value is -1.88. The molecule has 1 atom stereocenters. The minimum absolute atomic E-state index is 0.0824. The molecule has 0 bridgehead atoms. The molecule has 2 amide bonds. The van der Waals surface area contributed by atoms with E-state index in [1.807, 2.05) is 29.2 Å². The number of fused-ring (bicyclic) bond motifs is 1. The molecule has 5 heteroatoms. The van der Waals surface area contributed by atoms with E-state index < -0.39 is 0 Å². The Bertz CT molecular complexity index is 657. The van der Waals surface area contributed by atoms with E-state index in [1.54, 1.807) is 7.05 Å². The summed E-state index contributed by atoms with van der Waals surface area (Å²) in [6.07, 6.45) is 2.18. The van der Waals surface area contributed by atoms with Gasteiger partial charge in [-0.3, -0.25) is 14.5 Å². The van der Waals surface area contributed by atoms with Crippen LogP contribution in [0.2, 0.25) is 0 Å². The summed E-state index contributed by atoms with van der Waals surface area (Å²) in [5.41, 5.74) is 2.16. The normalized spacial score (nSPS) is 22.2. The van der Waals surface area contributed by atoms with Crippen molar-refractivity contribution in [2.24, 2.45) is 0 Å². The Kier molecular flexibility index (Phi) is 4.87. The molecular formula is C20H29N3O2. The molecule has 2 aliphatic rings. The average molecular weight is 343 g/mol. The van der Waals surface area contributed by atoms with Crippen molar-refractivity contribution in [3.63, 3.8) is 0 Å². The number of amides is 2. The van der Waals surface area contributed by atoms with Crippen LogP contribution in [0.3, 0.4) is 0 Å². The van der Waals surface area contributed by atoms with Crippen molar-refractivity contribution in [3.8, 4) is 0 Å². The number of hydrogen-bond donors (Lipinski definition) is 1. The summed E-state index contributed by atoms with van der Waals surface area (Å²) in [5.74, 6) is -0.353. The maximum Gasteiger partial charge on any atom is 0.235 e. The van der Waals surface area contributed by atoms with Crippen LogP contribution in [0.1, 0.15) is 51.5 Å². The molecule has 25 heavy (non-hydrogen) atoms. The van der Waals surface area contributed by atoms with Gasteiger partial charge in [0.05, 0.1) is 5.92 Å². The molecule has 5 nitrogen and oxygen atoms in total. The van der Waals surface area contributed by atoms with Gasteiger partial charge in [-0.2, -0.15) is 0 Å². The highest BCUT2D eigenvalue weighted by atomic mass is 16.2. The molecule has 3 rings (SSSR count). The average Bonchev–Trinajstić information content (AvgIpc) is 2.86. The number of benzene rings is 1. The van der Waals surface area contributed by atoms with Gasteiger partial charge >= 0.3 is 0 Å². The highest BCUT2D eigenvalue weighted by molar-refractivity contribution is 6.07. The molecule has 1 N–H and O–H groups in total. The highest BCUT2D eigenvalue weighted by Gasteiger charge is 2.42. The lowest BCUT2D eigenvalue weighted by Gasteiger charge is -2.43. The molecule has 0 spiro atoms. The fourth-order valence-electron chi connectivity index (χ4n) is 4.08. The van der Waals surface area contributed by atoms with Crippen LogP contribution in [0, 0.1) is 0 Å². The smallest absolute Gasteiger partial charge is 0.235 e. The summed E-state index contributed by atoms with van der Waals surface area (Å²) in [6, 6.07) is 8.17. The Morgan fingerprint density at radius 3 is 2.44 bits per heavy atom. The van der Waals surface area contributed by atoms with Gasteiger partial charge in [-0.25, -0.2) is 0 Å². The van der Waals surface area contributed by atoms with E-state index in [9.17, 15) is 9.59 Å². The van der Waals surface area contributed by atoms with Gasteiger partial charge in [0.25, 0.3) is 0 Å². The number of piperidine rings is 1. The second-order valence-corrected chi connectivity index (χ2v) is 8.09. The summed E-state index contributed by atoms with van der Waals surface area (Å²) in [6.45, 7) is 8.72. The van der Waals surface area contributed by atoms with Gasteiger partial charge in [-0.1, -0.05) is 18.2 Å². The fourth-order valence-corrected chi connectivity index (χ4v) is 4.08. The first-order valence-electron chi connectivity index (χ1n) is 9.20. The first kappa shape index (κ1) is 17.9. The number of rotatable bonds is 3. The van der Waals surface area contributed by atoms with Crippen molar-refractivity contribution in [3.05, 3.63) is 29.8 Å². The molecule has 1 aromatic carbocycles. The van der Waals surface area contributed by atoms with Crippen molar-refractivity contribution >= 4 is 17.5 Å². The zero-order valence-corrected chi connectivity index (χ0v) is 15.7. The predicted octanol–water partition coefficient (Wildman–Crippen LogP) is 2.52. The van der Waals surface area contributed by atoms with E-state index in [0.717, 1.165) is 37.2 Å². The van der Waals surface area contributed by atoms with Crippen molar-refractivity contribution in [2.75, 3.05) is 25.0 Å². The Labute approximate surface area is 150 Å². The van der Waals surface area contributed by atoms with Crippen LogP contribution < -0.4 is 10.2 Å². The molecule has 1 saturated heterocycles. The summed E-state index contributed by atoms with van der Waals surface area (Å²) in [7, 11) is 1.62. The number of carbonyl (C=O) groups excluding carboxylic acids is 2. The zero-order chi connectivity index (χ0) is 18.2. The van der Waals surface area contributed by atoms with Gasteiger partial charge in [0.1, 0.15) is 0 Å². The molecule has 0 saturated carbocycles. The van der Waals surface area contributed by atoms with Crippen molar-refractivity contribution < 1.29 is 9.59 Å². The summed E-state index contributed by atoms with van der Waals surface area (Å²) >= 11 is 0. The second kappa shape index (κ2) is 6.79. The van der Waals surface area contributed by atoms with E-state index in [-0.39, 0.29) is 35.7 Å². The quantitative estimate of drug-likeness (QED) is 0.917. The van der Waals surface area contributed by atoms with Crippen molar-refractivity contribution in [1.82, 2.24) is 10.2 Å². The molecule has 0 aromatic heterocycles. The van der Waals surface area contributed by atoms with E-state index in [4.69, 9.17) is 0 Å². The predicted molar refractivity (Wildman–Crippen MR) is 99.7 cm³/mol. The maximum absolute atomic E-state index is 13.1. The van der Waals surface area contributed by atoms with Crippen LogP contribution >= 0.6 is 0 Å². The molecule has 136 valence electrons. The topological polar surface area (TPSA) is 52.7 Å². The first-order valence-corrected chi connectivity index (χ1v) is 9.20. The largest absolute Gasteiger partial charge is 0.359 e. The van der Waals surface area contributed by atoms with Crippen LogP contribution in [0.25, 0.3) is 0 Å². The van der Waals surface area contributed by atoms with Gasteiger partial charge in [0, 0.05) is 43.8 Å².